The van der Waals surface area contributed by atoms with E-state index in [-0.39, 0.29) is 11.7 Å². The molecule has 0 fully saturated rings. The lowest BCUT2D eigenvalue weighted by Gasteiger charge is -2.06. The van der Waals surface area contributed by atoms with E-state index in [1.807, 2.05) is 0 Å². The van der Waals surface area contributed by atoms with E-state index in [0.29, 0.717) is 17.2 Å². The quantitative estimate of drug-likeness (QED) is 0.534. The number of ether oxygens (including phenoxy) is 1. The molecule has 0 bridgehead atoms. The molecule has 0 saturated heterocycles. The van der Waals surface area contributed by atoms with E-state index in [4.69, 9.17) is 9.15 Å². The van der Waals surface area contributed by atoms with Crippen molar-refractivity contribution >= 4 is 5.82 Å². The smallest absolute Gasteiger partial charge is 0.427 e. The molecule has 0 N–H and O–H groups in total. The van der Waals surface area contributed by atoms with Crippen molar-refractivity contribution in [3.05, 3.63) is 47.1 Å². The topological polar surface area (TPSA) is 109 Å². The van der Waals surface area contributed by atoms with E-state index in [1.54, 1.807) is 31.3 Å². The van der Waals surface area contributed by atoms with E-state index >= 15 is 0 Å². The van der Waals surface area contributed by atoms with Crippen molar-refractivity contribution in [2.75, 3.05) is 0 Å². The molecule has 3 rings (SSSR count). The summed E-state index contributed by atoms with van der Waals surface area (Å²) < 4.78 is 12.1. The molecule has 0 spiro atoms. The number of imidazole rings is 1. The van der Waals surface area contributed by atoms with Gasteiger partial charge in [-0.15, -0.1) is 10.2 Å². The zero-order valence-corrected chi connectivity index (χ0v) is 10.8. The van der Waals surface area contributed by atoms with Crippen molar-refractivity contribution in [1.82, 2.24) is 19.7 Å². The van der Waals surface area contributed by atoms with E-state index in [1.165, 1.54) is 17.3 Å². The predicted molar refractivity (Wildman–Crippen MR) is 69.7 cm³/mol. The van der Waals surface area contributed by atoms with Crippen molar-refractivity contribution in [3.8, 4) is 23.1 Å². The van der Waals surface area contributed by atoms with Crippen LogP contribution < -0.4 is 4.74 Å². The fraction of sp³-hybridized carbons (Fsp3) is 0.0833. The summed E-state index contributed by atoms with van der Waals surface area (Å²) in [7, 11) is 1.61. The first-order chi connectivity index (χ1) is 10.1. The second-order valence-electron chi connectivity index (χ2n) is 4.12. The lowest BCUT2D eigenvalue weighted by atomic mass is 10.2. The van der Waals surface area contributed by atoms with E-state index in [9.17, 15) is 10.1 Å². The molecular weight excluding hydrogens is 278 g/mol. The van der Waals surface area contributed by atoms with Crippen LogP contribution in [0.1, 0.15) is 0 Å². The van der Waals surface area contributed by atoms with Gasteiger partial charge >= 0.3 is 11.7 Å². The van der Waals surface area contributed by atoms with Crippen LogP contribution in [0, 0.1) is 10.1 Å². The highest BCUT2D eigenvalue weighted by Crippen LogP contribution is 2.31. The maximum Gasteiger partial charge on any atom is 0.427 e. The minimum absolute atomic E-state index is 0.0441. The van der Waals surface area contributed by atoms with Crippen molar-refractivity contribution < 1.29 is 14.1 Å². The number of aryl methyl sites for hydroxylation is 1. The highest BCUT2D eigenvalue weighted by atomic mass is 16.6. The van der Waals surface area contributed by atoms with E-state index in [0.717, 1.165) is 0 Å². The van der Waals surface area contributed by atoms with Gasteiger partial charge < -0.3 is 19.3 Å². The fourth-order valence-electron chi connectivity index (χ4n) is 1.75. The summed E-state index contributed by atoms with van der Waals surface area (Å²) in [5.41, 5.74) is 0.648. The van der Waals surface area contributed by atoms with Crippen LogP contribution in [0.5, 0.6) is 11.6 Å². The van der Waals surface area contributed by atoms with E-state index in [2.05, 4.69) is 15.2 Å². The van der Waals surface area contributed by atoms with Gasteiger partial charge in [-0.2, -0.15) is 0 Å². The number of hydrogen-bond donors (Lipinski definition) is 0. The Hall–Kier alpha value is -3.23. The fourth-order valence-corrected chi connectivity index (χ4v) is 1.75. The third-order valence-electron chi connectivity index (χ3n) is 2.69. The maximum absolute atomic E-state index is 10.9. The van der Waals surface area contributed by atoms with Crippen molar-refractivity contribution in [2.45, 2.75) is 0 Å². The van der Waals surface area contributed by atoms with Gasteiger partial charge in [-0.25, -0.2) is 0 Å². The molecule has 3 aromatic rings. The molecule has 106 valence electrons. The zero-order chi connectivity index (χ0) is 14.8. The largest absolute Gasteiger partial charge is 0.434 e. The molecule has 21 heavy (non-hydrogen) atoms. The number of benzene rings is 1. The molecule has 0 aliphatic carbocycles. The molecule has 9 nitrogen and oxygen atoms in total. The van der Waals surface area contributed by atoms with Gasteiger partial charge in [0.1, 0.15) is 5.75 Å². The molecule has 0 aliphatic rings. The number of rotatable bonds is 4. The third-order valence-corrected chi connectivity index (χ3v) is 2.69. The Bertz CT molecular complexity index is 781. The summed E-state index contributed by atoms with van der Waals surface area (Å²) in [6.07, 6.45) is 2.53. The first-order valence-electron chi connectivity index (χ1n) is 5.85. The summed E-state index contributed by atoms with van der Waals surface area (Å²) in [5, 5.41) is 18.3. The number of nitro groups is 1. The van der Waals surface area contributed by atoms with Crippen molar-refractivity contribution in [1.29, 1.82) is 0 Å². The molecule has 9 heteroatoms. The van der Waals surface area contributed by atoms with Crippen LogP contribution in [0.2, 0.25) is 0 Å². The molecule has 2 aromatic heterocycles. The molecule has 0 aliphatic heterocycles. The average molecular weight is 287 g/mol. The molecule has 0 radical (unpaired) electrons. The van der Waals surface area contributed by atoms with Crippen molar-refractivity contribution in [3.63, 3.8) is 0 Å². The van der Waals surface area contributed by atoms with Gasteiger partial charge in [-0.1, -0.05) is 6.07 Å². The minimum Gasteiger partial charge on any atom is -0.434 e. The van der Waals surface area contributed by atoms with Gasteiger partial charge in [0, 0.05) is 12.6 Å². The molecule has 0 atom stereocenters. The molecule has 1 aromatic carbocycles. The summed E-state index contributed by atoms with van der Waals surface area (Å²) >= 11 is 0. The Morgan fingerprint density at radius 1 is 1.43 bits per heavy atom. The monoisotopic (exact) mass is 287 g/mol. The highest BCUT2D eigenvalue weighted by Gasteiger charge is 2.22. The number of nitrogens with zero attached hydrogens (tertiary/aromatic N) is 5. The molecule has 0 unspecified atom stereocenters. The van der Waals surface area contributed by atoms with Gasteiger partial charge in [0.25, 0.3) is 0 Å². The first kappa shape index (κ1) is 12.8. The van der Waals surface area contributed by atoms with Gasteiger partial charge in [0.05, 0.1) is 0 Å². The summed E-state index contributed by atoms with van der Waals surface area (Å²) in [4.78, 5) is 14.0. The number of aromatic nitrogens is 4. The van der Waals surface area contributed by atoms with Gasteiger partial charge in [-0.3, -0.25) is 4.57 Å². The highest BCUT2D eigenvalue weighted by molar-refractivity contribution is 5.55. The molecule has 2 heterocycles. The second-order valence-corrected chi connectivity index (χ2v) is 4.12. The van der Waals surface area contributed by atoms with Crippen LogP contribution in [0.15, 0.2) is 41.4 Å². The summed E-state index contributed by atoms with van der Waals surface area (Å²) in [6, 6.07) is 6.79. The van der Waals surface area contributed by atoms with Crippen molar-refractivity contribution in [2.24, 2.45) is 7.05 Å². The Morgan fingerprint density at radius 3 is 3.00 bits per heavy atom. The Morgan fingerprint density at radius 2 is 2.29 bits per heavy atom. The van der Waals surface area contributed by atoms with Crippen LogP contribution in [-0.4, -0.2) is 24.7 Å². The Balaban J connectivity index is 1.94. The normalized spacial score (nSPS) is 10.5. The maximum atomic E-state index is 10.9. The predicted octanol–water partition coefficient (Wildman–Crippen LogP) is 2.17. The van der Waals surface area contributed by atoms with Crippen LogP contribution in [-0.2, 0) is 7.05 Å². The third kappa shape index (κ3) is 2.43. The van der Waals surface area contributed by atoms with Gasteiger partial charge in [-0.05, 0) is 28.1 Å². The van der Waals surface area contributed by atoms with E-state index < -0.39 is 4.92 Å². The second kappa shape index (κ2) is 5.04. The SMILES string of the molecule is Cn1cnc([N+](=O)[O-])c1Oc1cccc(-c2nnco2)c1. The molecular formula is C12H9N5O4. The van der Waals surface area contributed by atoms with Crippen LogP contribution in [0.25, 0.3) is 11.5 Å². The zero-order valence-electron chi connectivity index (χ0n) is 10.8. The van der Waals surface area contributed by atoms with Crippen LogP contribution in [0.3, 0.4) is 0 Å². The average Bonchev–Trinajstić information content (AvgIpc) is 3.10. The lowest BCUT2D eigenvalue weighted by Crippen LogP contribution is -1.96. The van der Waals surface area contributed by atoms with Crippen LogP contribution in [0.4, 0.5) is 5.82 Å². The molecule has 0 saturated carbocycles. The molecule has 0 amide bonds. The Kier molecular flexibility index (Phi) is 3.07. The van der Waals surface area contributed by atoms with Gasteiger partial charge in [0.15, 0.2) is 0 Å². The number of hydrogen-bond acceptors (Lipinski definition) is 7. The minimum atomic E-state index is -0.600. The summed E-state index contributed by atoms with van der Waals surface area (Å²) in [6.45, 7) is 0. The van der Waals surface area contributed by atoms with Crippen LogP contribution >= 0.6 is 0 Å². The Labute approximate surface area is 118 Å². The summed E-state index contributed by atoms with van der Waals surface area (Å²) in [5.74, 6) is 0.431. The first-order valence-corrected chi connectivity index (χ1v) is 5.85. The van der Waals surface area contributed by atoms with Gasteiger partial charge in [0.2, 0.25) is 18.6 Å². The standard InChI is InChI=1S/C12H9N5O4/c1-16-6-13-10(17(18)19)12(16)21-9-4-2-3-8(5-9)11-15-14-7-20-11/h2-7H,1H3. The lowest BCUT2D eigenvalue weighted by molar-refractivity contribution is -0.390.